The molecule has 3 aromatic heterocycles. The van der Waals surface area contributed by atoms with Crippen molar-refractivity contribution in [1.82, 2.24) is 18.6 Å². The van der Waals surface area contributed by atoms with Crippen LogP contribution in [0.4, 0.5) is 5.69 Å². The number of rotatable bonds is 8. The Bertz CT molecular complexity index is 1610. The second-order valence-corrected chi connectivity index (χ2v) is 9.27. The summed E-state index contributed by atoms with van der Waals surface area (Å²) in [5.41, 5.74) is 0.204. The molecule has 14 heteroatoms. The van der Waals surface area contributed by atoms with E-state index in [-0.39, 0.29) is 16.9 Å². The number of hydrogen-bond acceptors (Lipinski definition) is 10. The first-order chi connectivity index (χ1) is 16.8. The van der Waals surface area contributed by atoms with Gasteiger partial charge in [0.1, 0.15) is 22.8 Å². The lowest BCUT2D eigenvalue weighted by Gasteiger charge is -2.12. The van der Waals surface area contributed by atoms with E-state index in [2.05, 4.69) is 14.1 Å². The highest BCUT2D eigenvalue weighted by molar-refractivity contribution is 7.95. The molecule has 0 aliphatic rings. The van der Waals surface area contributed by atoms with Gasteiger partial charge in [-0.15, -0.1) is 4.68 Å². The summed E-state index contributed by atoms with van der Waals surface area (Å²) in [7, 11) is 0.320. The summed E-state index contributed by atoms with van der Waals surface area (Å²) in [4.78, 5) is 17.5. The van der Waals surface area contributed by atoms with Gasteiger partial charge >= 0.3 is 0 Å². The largest absolute Gasteiger partial charge is 0.496 e. The summed E-state index contributed by atoms with van der Waals surface area (Å²) in [6.45, 7) is 0. The second-order valence-electron chi connectivity index (χ2n) is 6.87. The van der Waals surface area contributed by atoms with Gasteiger partial charge in [0.15, 0.2) is 5.65 Å². The topological polar surface area (TPSA) is 150 Å². The smallest absolute Gasteiger partial charge is 0.291 e. The second kappa shape index (κ2) is 9.49. The molecule has 0 amide bonds. The molecule has 12 nitrogen and oxygen atoms in total. The number of aromatic nitrogens is 4. The zero-order chi connectivity index (χ0) is 25.2. The Hall–Kier alpha value is -4.35. The van der Waals surface area contributed by atoms with E-state index in [1.54, 1.807) is 24.4 Å². The van der Waals surface area contributed by atoms with Crippen LogP contribution in [0.2, 0.25) is 0 Å². The number of ether oxygens (including phenoxy) is 3. The van der Waals surface area contributed by atoms with E-state index in [1.165, 1.54) is 50.5 Å². The molecule has 0 atom stereocenters. The molecule has 35 heavy (non-hydrogen) atoms. The molecule has 0 aliphatic heterocycles. The molecule has 0 fully saturated rings. The zero-order valence-corrected chi connectivity index (χ0v) is 20.3. The van der Waals surface area contributed by atoms with Crippen molar-refractivity contribution in [2.45, 2.75) is 0 Å². The molecule has 0 saturated heterocycles. The van der Waals surface area contributed by atoms with Crippen molar-refractivity contribution in [2.24, 2.45) is 0 Å². The molecular formula is C21H18N6O6S2. The summed E-state index contributed by atoms with van der Waals surface area (Å²) in [6.07, 6.45) is 7.16. The molecule has 1 aromatic carbocycles. The van der Waals surface area contributed by atoms with Crippen molar-refractivity contribution < 1.29 is 22.6 Å². The van der Waals surface area contributed by atoms with Crippen LogP contribution in [0.25, 0.3) is 22.2 Å². The molecular weight excluding hydrogens is 496 g/mol. The Kier molecular flexibility index (Phi) is 6.45. The lowest BCUT2D eigenvalue weighted by molar-refractivity contribution is 0.374. The predicted octanol–water partition coefficient (Wildman–Crippen LogP) is 2.39. The molecule has 1 N–H and O–H groups in total. The van der Waals surface area contributed by atoms with Crippen LogP contribution in [0, 0.1) is 11.5 Å². The highest BCUT2D eigenvalue weighted by Gasteiger charge is 2.20. The van der Waals surface area contributed by atoms with Crippen molar-refractivity contribution in [3.63, 3.8) is 0 Å². The van der Waals surface area contributed by atoms with E-state index >= 15 is 0 Å². The van der Waals surface area contributed by atoms with E-state index in [0.29, 0.717) is 27.7 Å². The first kappa shape index (κ1) is 23.8. The average molecular weight is 515 g/mol. The van der Waals surface area contributed by atoms with Crippen molar-refractivity contribution in [3.05, 3.63) is 58.1 Å². The summed E-state index contributed by atoms with van der Waals surface area (Å²) in [6, 6.07) is 4.82. The molecule has 0 aliphatic carbocycles. The van der Waals surface area contributed by atoms with Gasteiger partial charge in [-0.2, -0.15) is 5.26 Å². The highest BCUT2D eigenvalue weighted by Crippen LogP contribution is 2.35. The minimum Gasteiger partial charge on any atom is -0.496 e. The van der Waals surface area contributed by atoms with Gasteiger partial charge in [0.25, 0.3) is 15.6 Å². The Balaban J connectivity index is 1.70. The summed E-state index contributed by atoms with van der Waals surface area (Å²) >= 11 is 1.08. The Morgan fingerprint density at radius 2 is 1.89 bits per heavy atom. The van der Waals surface area contributed by atoms with Crippen LogP contribution < -0.4 is 24.5 Å². The summed E-state index contributed by atoms with van der Waals surface area (Å²) < 4.78 is 49.7. The molecule has 0 radical (unpaired) electrons. The number of anilines is 1. The van der Waals surface area contributed by atoms with E-state index in [0.717, 1.165) is 21.6 Å². The van der Waals surface area contributed by atoms with Crippen LogP contribution in [0.1, 0.15) is 5.56 Å². The minimum absolute atomic E-state index is 0.0330. The van der Waals surface area contributed by atoms with Gasteiger partial charge in [-0.3, -0.25) is 9.52 Å². The number of nitrogens with one attached hydrogen (secondary N) is 1. The van der Waals surface area contributed by atoms with E-state index in [4.69, 9.17) is 14.2 Å². The van der Waals surface area contributed by atoms with Gasteiger partial charge < -0.3 is 14.2 Å². The molecule has 0 spiro atoms. The quantitative estimate of drug-likeness (QED) is 0.374. The maximum absolute atomic E-state index is 12.8. The van der Waals surface area contributed by atoms with Crippen LogP contribution in [0.5, 0.6) is 17.2 Å². The van der Waals surface area contributed by atoms with Crippen LogP contribution in [-0.2, 0) is 10.0 Å². The van der Waals surface area contributed by atoms with Crippen molar-refractivity contribution >= 4 is 39.0 Å². The monoisotopic (exact) mass is 514 g/mol. The molecule has 3 heterocycles. The lowest BCUT2D eigenvalue weighted by atomic mass is 10.1. The number of nitrogens with zero attached hydrogens (tertiary/aromatic N) is 5. The average Bonchev–Trinajstić information content (AvgIpc) is 3.46. The fraction of sp³-hybridized carbons (Fsp3) is 0.143. The standard InChI is InChI=1S/C21H18N6O6S2/c1-31-14-8-16(32-2)15(17(9-14)33-3)5-7-35(29,30)25-13-10-23-20-19(18-4-6-24-34-18)21(28)27(12-22)26(20)11-13/h4-11,25H,1-3H3/b7-5+. The molecule has 0 saturated carbocycles. The molecule has 0 bridgehead atoms. The van der Waals surface area contributed by atoms with Crippen LogP contribution in [0.15, 0.2) is 47.0 Å². The third kappa shape index (κ3) is 4.54. The highest BCUT2D eigenvalue weighted by atomic mass is 32.2. The van der Waals surface area contributed by atoms with Crippen LogP contribution >= 0.6 is 11.5 Å². The van der Waals surface area contributed by atoms with Gasteiger partial charge in [-0.05, 0) is 23.7 Å². The SMILES string of the molecule is COc1cc(OC)c(/C=C/S(=O)(=O)Nc2cnc3c(-c4ccns4)c(=O)n(C#N)n3c2)c(OC)c1. The molecule has 4 rings (SSSR count). The van der Waals surface area contributed by atoms with Gasteiger partial charge in [-0.1, -0.05) is 0 Å². The van der Waals surface area contributed by atoms with E-state index in [9.17, 15) is 18.5 Å². The fourth-order valence-electron chi connectivity index (χ4n) is 3.31. The summed E-state index contributed by atoms with van der Waals surface area (Å²) in [5, 5.41) is 10.4. The Morgan fingerprint density at radius 1 is 1.17 bits per heavy atom. The first-order valence-corrected chi connectivity index (χ1v) is 12.1. The maximum Gasteiger partial charge on any atom is 0.291 e. The Labute approximate surface area is 203 Å². The Morgan fingerprint density at radius 3 is 2.46 bits per heavy atom. The number of hydrogen-bond donors (Lipinski definition) is 1. The number of sulfonamides is 1. The number of methoxy groups -OCH3 is 3. The van der Waals surface area contributed by atoms with Crippen molar-refractivity contribution in [3.8, 4) is 33.9 Å². The van der Waals surface area contributed by atoms with Gasteiger partial charge in [0.05, 0.1) is 55.3 Å². The maximum atomic E-state index is 12.8. The summed E-state index contributed by atoms with van der Waals surface area (Å²) in [5.74, 6) is 1.16. The van der Waals surface area contributed by atoms with Crippen LogP contribution in [-0.4, -0.2) is 48.3 Å². The lowest BCUT2D eigenvalue weighted by Crippen LogP contribution is -2.16. The van der Waals surface area contributed by atoms with Crippen LogP contribution in [0.3, 0.4) is 0 Å². The third-order valence-corrected chi connectivity index (χ3v) is 6.63. The number of fused-ring (bicyclic) bond motifs is 1. The van der Waals surface area contributed by atoms with E-state index in [1.807, 2.05) is 0 Å². The van der Waals surface area contributed by atoms with Gasteiger partial charge in [-0.25, -0.2) is 22.3 Å². The molecule has 0 unspecified atom stereocenters. The fourth-order valence-corrected chi connectivity index (χ4v) is 4.75. The number of benzene rings is 1. The predicted molar refractivity (Wildman–Crippen MR) is 129 cm³/mol. The minimum atomic E-state index is -4.04. The van der Waals surface area contributed by atoms with E-state index < -0.39 is 15.6 Å². The van der Waals surface area contributed by atoms with Crippen molar-refractivity contribution in [2.75, 3.05) is 26.1 Å². The van der Waals surface area contributed by atoms with Crippen molar-refractivity contribution in [1.29, 1.82) is 5.26 Å². The zero-order valence-electron chi connectivity index (χ0n) is 18.6. The molecule has 4 aromatic rings. The number of nitriles is 1. The normalized spacial score (nSPS) is 11.5. The van der Waals surface area contributed by atoms with Gasteiger partial charge in [0.2, 0.25) is 6.19 Å². The molecule has 180 valence electrons. The first-order valence-electron chi connectivity index (χ1n) is 9.77. The van der Waals surface area contributed by atoms with Gasteiger partial charge in [0, 0.05) is 18.3 Å². The third-order valence-electron chi connectivity index (χ3n) is 4.86.